The minimum absolute atomic E-state index is 0.0759. The molecule has 0 aliphatic rings. The van der Waals surface area contributed by atoms with Crippen molar-refractivity contribution >= 4 is 27.9 Å². The molecule has 0 N–H and O–H groups in total. The minimum atomic E-state index is -0.600. The Morgan fingerprint density at radius 2 is 1.57 bits per heavy atom. The fourth-order valence-corrected chi connectivity index (χ4v) is 3.70. The van der Waals surface area contributed by atoms with Crippen molar-refractivity contribution in [1.82, 2.24) is 4.98 Å². The van der Waals surface area contributed by atoms with Crippen molar-refractivity contribution in [2.45, 2.75) is 40.7 Å². The van der Waals surface area contributed by atoms with Crippen LogP contribution in [0.1, 0.15) is 52.9 Å². The van der Waals surface area contributed by atoms with Crippen LogP contribution in [-0.2, 0) is 9.47 Å². The van der Waals surface area contributed by atoms with Crippen molar-refractivity contribution in [2.24, 2.45) is 0 Å². The summed E-state index contributed by atoms with van der Waals surface area (Å²) in [6.45, 7) is 9.48. The molecule has 0 radical (unpaired) electrons. The molecule has 0 fully saturated rings. The number of hydrogen-bond donors (Lipinski definition) is 0. The number of methoxy groups -OCH3 is 2. The number of pyridine rings is 1. The molecule has 30 heavy (non-hydrogen) atoms. The van der Waals surface area contributed by atoms with Gasteiger partial charge in [-0.1, -0.05) is 0 Å². The Morgan fingerprint density at radius 3 is 2.00 bits per heavy atom. The molecular weight excluding hydrogens is 454 g/mol. The van der Waals surface area contributed by atoms with Gasteiger partial charge in [-0.05, 0) is 68.2 Å². The third kappa shape index (κ3) is 4.75. The van der Waals surface area contributed by atoms with E-state index in [1.54, 1.807) is 26.0 Å². The zero-order valence-corrected chi connectivity index (χ0v) is 19.8. The summed E-state index contributed by atoms with van der Waals surface area (Å²) >= 11 is 3.54. The molecule has 7 nitrogen and oxygen atoms in total. The Morgan fingerprint density at radius 1 is 1.03 bits per heavy atom. The van der Waals surface area contributed by atoms with Crippen LogP contribution in [0.2, 0.25) is 0 Å². The van der Waals surface area contributed by atoms with Gasteiger partial charge < -0.3 is 18.9 Å². The lowest BCUT2D eigenvalue weighted by molar-refractivity contribution is 0.0599. The number of rotatable bonds is 7. The third-order valence-corrected chi connectivity index (χ3v) is 4.88. The molecule has 0 bridgehead atoms. The topological polar surface area (TPSA) is 84.0 Å². The lowest BCUT2D eigenvalue weighted by Gasteiger charge is -2.20. The van der Waals surface area contributed by atoms with Gasteiger partial charge in [0.15, 0.2) is 11.5 Å². The maximum Gasteiger partial charge on any atom is 0.340 e. The van der Waals surface area contributed by atoms with Crippen LogP contribution in [0, 0.1) is 13.8 Å². The van der Waals surface area contributed by atoms with Gasteiger partial charge in [-0.15, -0.1) is 0 Å². The van der Waals surface area contributed by atoms with Crippen molar-refractivity contribution in [3.05, 3.63) is 39.1 Å². The summed E-state index contributed by atoms with van der Waals surface area (Å²) in [6, 6.07) is 3.51. The van der Waals surface area contributed by atoms with Gasteiger partial charge in [0.25, 0.3) is 0 Å². The molecule has 0 aliphatic heterocycles. The second kappa shape index (κ2) is 9.93. The van der Waals surface area contributed by atoms with Gasteiger partial charge in [-0.2, -0.15) is 0 Å². The molecule has 162 valence electrons. The highest BCUT2D eigenvalue weighted by atomic mass is 79.9. The number of hydrogen-bond acceptors (Lipinski definition) is 7. The number of esters is 2. The molecule has 8 heteroatoms. The van der Waals surface area contributed by atoms with Gasteiger partial charge in [0.1, 0.15) is 0 Å². The zero-order valence-electron chi connectivity index (χ0n) is 18.2. The molecular formula is C22H26BrNO6. The maximum atomic E-state index is 12.6. The molecule has 0 unspecified atom stereocenters. The number of carbonyl (C=O) groups excluding carboxylic acids is 2. The summed E-state index contributed by atoms with van der Waals surface area (Å²) < 4.78 is 22.3. The summed E-state index contributed by atoms with van der Waals surface area (Å²) in [6.07, 6.45) is -0.0759. The van der Waals surface area contributed by atoms with Crippen molar-refractivity contribution in [3.63, 3.8) is 0 Å². The summed E-state index contributed by atoms with van der Waals surface area (Å²) in [4.78, 5) is 29.6. The maximum absolute atomic E-state index is 12.6. The average Bonchev–Trinajstić information content (AvgIpc) is 2.68. The van der Waals surface area contributed by atoms with Crippen LogP contribution in [0.5, 0.6) is 11.5 Å². The monoisotopic (exact) mass is 479 g/mol. The Hall–Kier alpha value is -2.61. The first-order valence-electron chi connectivity index (χ1n) is 9.47. The van der Waals surface area contributed by atoms with Crippen molar-refractivity contribution in [1.29, 1.82) is 0 Å². The number of nitrogens with zero attached hydrogens (tertiary/aromatic N) is 1. The summed E-state index contributed by atoms with van der Waals surface area (Å²) in [5.74, 6) is -0.180. The van der Waals surface area contributed by atoms with Gasteiger partial charge in [0.2, 0.25) is 0 Å². The van der Waals surface area contributed by atoms with E-state index in [0.717, 1.165) is 0 Å². The van der Waals surface area contributed by atoms with E-state index in [0.29, 0.717) is 45.1 Å². The van der Waals surface area contributed by atoms with Crippen LogP contribution in [0.3, 0.4) is 0 Å². The number of carbonyl (C=O) groups is 2. The van der Waals surface area contributed by atoms with Crippen LogP contribution < -0.4 is 9.47 Å². The standard InChI is InChI=1S/C22H26BrNO6/c1-8-29-16-10-14(9-15(23)20(16)30-11(2)3)19-17(21(25)27-6)12(4)24-13(5)18(19)22(26)28-7/h9-11H,8H2,1-7H3. The lowest BCUT2D eigenvalue weighted by Crippen LogP contribution is -2.16. The quantitative estimate of drug-likeness (QED) is 0.522. The Balaban J connectivity index is 2.94. The Kier molecular flexibility index (Phi) is 7.83. The molecule has 0 saturated heterocycles. The molecule has 1 heterocycles. The van der Waals surface area contributed by atoms with Gasteiger partial charge >= 0.3 is 11.9 Å². The average molecular weight is 480 g/mol. The molecule has 1 aromatic heterocycles. The molecule has 2 aromatic rings. The normalized spacial score (nSPS) is 10.7. The van der Waals surface area contributed by atoms with Crippen molar-refractivity contribution in [2.75, 3.05) is 20.8 Å². The largest absolute Gasteiger partial charge is 0.490 e. The van der Waals surface area contributed by atoms with E-state index < -0.39 is 11.9 Å². The molecule has 2 rings (SSSR count). The van der Waals surface area contributed by atoms with E-state index in [9.17, 15) is 9.59 Å². The highest BCUT2D eigenvalue weighted by molar-refractivity contribution is 9.10. The molecule has 1 aromatic carbocycles. The van der Waals surface area contributed by atoms with Gasteiger partial charge in [-0.3, -0.25) is 4.98 Å². The zero-order chi connectivity index (χ0) is 22.6. The molecule has 0 aliphatic carbocycles. The number of aromatic nitrogens is 1. The smallest absolute Gasteiger partial charge is 0.340 e. The summed E-state index contributed by atoms with van der Waals surface area (Å²) in [7, 11) is 2.56. The number of aryl methyl sites for hydroxylation is 2. The summed E-state index contributed by atoms with van der Waals surface area (Å²) in [5, 5.41) is 0. The number of ether oxygens (including phenoxy) is 4. The van der Waals surface area contributed by atoms with E-state index in [1.165, 1.54) is 14.2 Å². The van der Waals surface area contributed by atoms with Crippen LogP contribution in [0.15, 0.2) is 16.6 Å². The predicted octanol–water partition coefficient (Wildman–Crippen LogP) is 4.89. The minimum Gasteiger partial charge on any atom is -0.490 e. The van der Waals surface area contributed by atoms with E-state index in [1.807, 2.05) is 20.8 Å². The molecule has 0 saturated carbocycles. The SMILES string of the molecule is CCOc1cc(-c2c(C(=O)OC)c(C)nc(C)c2C(=O)OC)cc(Br)c1OC(C)C. The van der Waals surface area contributed by atoms with E-state index in [2.05, 4.69) is 20.9 Å². The first-order valence-corrected chi connectivity index (χ1v) is 10.3. The van der Waals surface area contributed by atoms with E-state index in [-0.39, 0.29) is 17.2 Å². The number of benzene rings is 1. The van der Waals surface area contributed by atoms with Crippen LogP contribution >= 0.6 is 15.9 Å². The number of halogens is 1. The fourth-order valence-electron chi connectivity index (χ4n) is 3.17. The van der Waals surface area contributed by atoms with Gasteiger partial charge in [-0.25, -0.2) is 9.59 Å². The summed E-state index contributed by atoms with van der Waals surface area (Å²) in [5.41, 5.74) is 2.20. The molecule has 0 amide bonds. The van der Waals surface area contributed by atoms with Crippen LogP contribution in [-0.4, -0.2) is 43.9 Å². The third-order valence-electron chi connectivity index (χ3n) is 4.29. The molecule has 0 spiro atoms. The van der Waals surface area contributed by atoms with Crippen LogP contribution in [0.25, 0.3) is 11.1 Å². The van der Waals surface area contributed by atoms with E-state index >= 15 is 0 Å². The van der Waals surface area contributed by atoms with Crippen LogP contribution in [0.4, 0.5) is 0 Å². The highest BCUT2D eigenvalue weighted by Crippen LogP contribution is 2.43. The second-order valence-corrected chi connectivity index (χ2v) is 7.63. The van der Waals surface area contributed by atoms with Crippen molar-refractivity contribution in [3.8, 4) is 22.6 Å². The second-order valence-electron chi connectivity index (χ2n) is 6.78. The fraction of sp³-hybridized carbons (Fsp3) is 0.409. The first kappa shape index (κ1) is 23.7. The highest BCUT2D eigenvalue weighted by Gasteiger charge is 2.28. The Bertz CT molecular complexity index is 931. The Labute approximate surface area is 184 Å². The first-order chi connectivity index (χ1) is 14.2. The van der Waals surface area contributed by atoms with Gasteiger partial charge in [0.05, 0.1) is 53.9 Å². The van der Waals surface area contributed by atoms with Crippen molar-refractivity contribution < 1.29 is 28.5 Å². The van der Waals surface area contributed by atoms with E-state index in [4.69, 9.17) is 18.9 Å². The lowest BCUT2D eigenvalue weighted by atomic mass is 9.92. The molecule has 0 atom stereocenters. The predicted molar refractivity (Wildman–Crippen MR) is 116 cm³/mol. The van der Waals surface area contributed by atoms with Gasteiger partial charge in [0, 0.05) is 5.56 Å².